The second kappa shape index (κ2) is 56.4. The van der Waals surface area contributed by atoms with Crippen molar-refractivity contribution in [3.8, 4) is 0 Å². The number of carbonyl (C=O) groups is 1. The molecule has 0 fully saturated rings. The quantitative estimate of drug-likeness (QED) is 0.0272. The van der Waals surface area contributed by atoms with Crippen LogP contribution in [-0.2, 0) is 18.4 Å². The van der Waals surface area contributed by atoms with E-state index in [2.05, 4.69) is 92.1 Å². The van der Waals surface area contributed by atoms with Crippen molar-refractivity contribution in [2.45, 2.75) is 289 Å². The van der Waals surface area contributed by atoms with E-state index in [1.807, 2.05) is 27.2 Å². The molecule has 1 amide bonds. The van der Waals surface area contributed by atoms with Gasteiger partial charge in [0.15, 0.2) is 0 Å². The summed E-state index contributed by atoms with van der Waals surface area (Å²) in [5.41, 5.74) is 0. The molecule has 8 nitrogen and oxygen atoms in total. The number of nitrogens with one attached hydrogen (secondary N) is 1. The summed E-state index contributed by atoms with van der Waals surface area (Å²) in [7, 11) is 1.24. The number of phosphoric ester groups is 1. The molecule has 0 saturated carbocycles. The summed E-state index contributed by atoms with van der Waals surface area (Å²) in [6.07, 6.45) is 79.7. The molecule has 0 bridgehead atoms. The van der Waals surface area contributed by atoms with E-state index in [0.717, 1.165) is 70.6 Å². The SMILES string of the molecule is CC/C=C\C/C=C\C/C=C\C/C=C\CCCCCCCCCCCCCCCCCCCCCCC(=O)NC(COP(=O)([O-])OCC[N+](C)(C)C)C(O)/C=C/CC/C=C/CC/C=C/CCCCCCCCCCCC. The van der Waals surface area contributed by atoms with Gasteiger partial charge in [-0.25, -0.2) is 0 Å². The summed E-state index contributed by atoms with van der Waals surface area (Å²) in [4.78, 5) is 25.5. The zero-order valence-electron chi connectivity index (χ0n) is 49.7. The molecule has 0 aromatic carbocycles. The van der Waals surface area contributed by atoms with Crippen molar-refractivity contribution in [1.82, 2.24) is 5.32 Å². The molecule has 0 aliphatic rings. The zero-order chi connectivity index (χ0) is 54.9. The van der Waals surface area contributed by atoms with Crippen LogP contribution in [0.1, 0.15) is 277 Å². The summed E-state index contributed by atoms with van der Waals surface area (Å²) >= 11 is 0. The van der Waals surface area contributed by atoms with Crippen LogP contribution in [0.2, 0.25) is 0 Å². The Labute approximate surface area is 465 Å². The first-order valence-corrected chi connectivity index (χ1v) is 32.9. The van der Waals surface area contributed by atoms with Crippen LogP contribution in [0, 0.1) is 0 Å². The van der Waals surface area contributed by atoms with Crippen LogP contribution in [-0.4, -0.2) is 68.5 Å². The normalized spacial score (nSPS) is 14.4. The highest BCUT2D eigenvalue weighted by molar-refractivity contribution is 7.45. The summed E-state index contributed by atoms with van der Waals surface area (Å²) in [5.74, 6) is -0.210. The standard InChI is InChI=1S/C66H121N2O6P/c1-6-8-10-12-14-16-18-20-22-24-26-28-29-30-31-32-33-34-35-36-37-38-39-40-42-44-46-48-50-52-54-56-58-60-66(70)67-64(63-74-75(71,72)73-62-61-68(3,4)5)65(69)59-57-55-53-51-49-47-45-43-41-27-25-23-21-19-17-15-13-11-9-7-2/h8,10,14,16,20,22,26,28,41,43,49,51,57,59,64-65,69H,6-7,9,11-13,15,17-19,21,23-25,27,29-40,42,44-48,50,52-56,58,60-63H2,1-5H3,(H-,67,70,71,72)/b10-8-,16-14-,22-20-,28-26-,43-41+,51-49+,59-57+. The van der Waals surface area contributed by atoms with Crippen LogP contribution in [0.5, 0.6) is 0 Å². The Balaban J connectivity index is 4.12. The highest BCUT2D eigenvalue weighted by Gasteiger charge is 2.23. The second-order valence-electron chi connectivity index (χ2n) is 22.4. The molecule has 0 radical (unpaired) electrons. The van der Waals surface area contributed by atoms with Gasteiger partial charge >= 0.3 is 0 Å². The van der Waals surface area contributed by atoms with Crippen molar-refractivity contribution in [2.75, 3.05) is 40.9 Å². The number of amides is 1. The lowest BCUT2D eigenvalue weighted by atomic mass is 10.0. The van der Waals surface area contributed by atoms with Crippen molar-refractivity contribution in [3.63, 3.8) is 0 Å². The molecule has 0 rings (SSSR count). The van der Waals surface area contributed by atoms with Crippen molar-refractivity contribution < 1.29 is 32.9 Å². The minimum atomic E-state index is -4.61. The van der Waals surface area contributed by atoms with E-state index in [0.29, 0.717) is 17.4 Å². The molecule has 0 spiro atoms. The van der Waals surface area contributed by atoms with Gasteiger partial charge in [0.1, 0.15) is 13.2 Å². The molecule has 0 aromatic rings. The number of nitrogens with zero attached hydrogens (tertiary/aromatic N) is 1. The average Bonchev–Trinajstić information content (AvgIpc) is 3.37. The van der Waals surface area contributed by atoms with E-state index in [-0.39, 0.29) is 12.5 Å². The van der Waals surface area contributed by atoms with E-state index >= 15 is 0 Å². The number of hydrogen-bond acceptors (Lipinski definition) is 6. The molecule has 436 valence electrons. The fraction of sp³-hybridized carbons (Fsp3) is 0.773. The van der Waals surface area contributed by atoms with Gasteiger partial charge in [0.25, 0.3) is 7.82 Å². The molecule has 3 atom stereocenters. The van der Waals surface area contributed by atoms with Gasteiger partial charge < -0.3 is 28.8 Å². The Kier molecular flexibility index (Phi) is 54.7. The summed E-state index contributed by atoms with van der Waals surface area (Å²) in [6.45, 7) is 4.53. The fourth-order valence-electron chi connectivity index (χ4n) is 8.94. The number of phosphoric acid groups is 1. The third-order valence-electron chi connectivity index (χ3n) is 13.8. The molecular weight excluding hydrogens is 948 g/mol. The van der Waals surface area contributed by atoms with E-state index < -0.39 is 26.6 Å². The van der Waals surface area contributed by atoms with Gasteiger partial charge in [0.2, 0.25) is 5.91 Å². The highest BCUT2D eigenvalue weighted by atomic mass is 31.2. The minimum absolute atomic E-state index is 0.0104. The lowest BCUT2D eigenvalue weighted by Gasteiger charge is -2.29. The van der Waals surface area contributed by atoms with Crippen LogP contribution in [0.3, 0.4) is 0 Å². The molecular formula is C66H121N2O6P. The zero-order valence-corrected chi connectivity index (χ0v) is 50.6. The molecule has 0 saturated heterocycles. The van der Waals surface area contributed by atoms with E-state index in [1.54, 1.807) is 6.08 Å². The Morgan fingerprint density at radius 1 is 0.480 bits per heavy atom. The largest absolute Gasteiger partial charge is 0.756 e. The Bertz CT molecular complexity index is 1500. The molecule has 75 heavy (non-hydrogen) atoms. The number of aliphatic hydroxyl groups excluding tert-OH is 1. The first-order valence-electron chi connectivity index (χ1n) is 31.4. The second-order valence-corrected chi connectivity index (χ2v) is 23.8. The first-order chi connectivity index (χ1) is 36.5. The molecule has 9 heteroatoms. The Hall–Kier alpha value is -2.32. The Morgan fingerprint density at radius 2 is 0.827 bits per heavy atom. The number of allylic oxidation sites excluding steroid dienone is 13. The van der Waals surface area contributed by atoms with Crippen LogP contribution < -0.4 is 10.2 Å². The van der Waals surface area contributed by atoms with Gasteiger partial charge in [0.05, 0.1) is 39.9 Å². The maximum Gasteiger partial charge on any atom is 0.268 e. The van der Waals surface area contributed by atoms with Gasteiger partial charge in [-0.05, 0) is 83.5 Å². The van der Waals surface area contributed by atoms with Crippen molar-refractivity contribution in [1.29, 1.82) is 0 Å². The molecule has 0 aliphatic carbocycles. The van der Waals surface area contributed by atoms with Crippen LogP contribution >= 0.6 is 7.82 Å². The monoisotopic (exact) mass is 1070 g/mol. The summed E-state index contributed by atoms with van der Waals surface area (Å²) in [6, 6.07) is -0.913. The van der Waals surface area contributed by atoms with E-state index in [4.69, 9.17) is 9.05 Å². The molecule has 0 heterocycles. The minimum Gasteiger partial charge on any atom is -0.756 e. The van der Waals surface area contributed by atoms with Crippen molar-refractivity contribution in [3.05, 3.63) is 85.1 Å². The van der Waals surface area contributed by atoms with E-state index in [1.165, 1.54) is 186 Å². The third kappa shape index (κ3) is 59.2. The van der Waals surface area contributed by atoms with Crippen molar-refractivity contribution in [2.24, 2.45) is 0 Å². The number of hydrogen-bond donors (Lipinski definition) is 2. The fourth-order valence-corrected chi connectivity index (χ4v) is 9.67. The van der Waals surface area contributed by atoms with Gasteiger partial charge in [0, 0.05) is 6.42 Å². The Morgan fingerprint density at radius 3 is 1.24 bits per heavy atom. The number of aliphatic hydroxyl groups is 1. The van der Waals surface area contributed by atoms with Gasteiger partial charge in [-0.2, -0.15) is 0 Å². The molecule has 2 N–H and O–H groups in total. The lowest BCUT2D eigenvalue weighted by Crippen LogP contribution is -2.45. The number of likely N-dealkylation sites (N-methyl/N-ethyl adjacent to an activating group) is 1. The third-order valence-corrected chi connectivity index (χ3v) is 14.8. The summed E-state index contributed by atoms with van der Waals surface area (Å²) < 4.78 is 23.4. The predicted molar refractivity (Wildman–Crippen MR) is 325 cm³/mol. The highest BCUT2D eigenvalue weighted by Crippen LogP contribution is 2.38. The number of carbonyl (C=O) groups excluding carboxylic acids is 1. The number of quaternary nitrogens is 1. The first kappa shape index (κ1) is 72.7. The van der Waals surface area contributed by atoms with Crippen LogP contribution in [0.4, 0.5) is 0 Å². The molecule has 0 aromatic heterocycles. The molecule has 0 aliphatic heterocycles. The smallest absolute Gasteiger partial charge is 0.268 e. The van der Waals surface area contributed by atoms with Crippen molar-refractivity contribution >= 4 is 13.7 Å². The topological polar surface area (TPSA) is 108 Å². The van der Waals surface area contributed by atoms with Crippen LogP contribution in [0.15, 0.2) is 85.1 Å². The van der Waals surface area contributed by atoms with Crippen LogP contribution in [0.25, 0.3) is 0 Å². The maximum atomic E-state index is 13.0. The van der Waals surface area contributed by atoms with Gasteiger partial charge in [-0.15, -0.1) is 0 Å². The number of unbranched alkanes of at least 4 members (excludes halogenated alkanes) is 32. The van der Waals surface area contributed by atoms with Gasteiger partial charge in [-0.1, -0.05) is 272 Å². The van der Waals surface area contributed by atoms with E-state index in [9.17, 15) is 19.4 Å². The predicted octanol–water partition coefficient (Wildman–Crippen LogP) is 19.0. The molecule has 3 unspecified atom stereocenters. The summed E-state index contributed by atoms with van der Waals surface area (Å²) in [5, 5.41) is 13.9. The average molecular weight is 1070 g/mol. The number of rotatable bonds is 57. The maximum absolute atomic E-state index is 13.0. The lowest BCUT2D eigenvalue weighted by molar-refractivity contribution is -0.870. The van der Waals surface area contributed by atoms with Gasteiger partial charge in [-0.3, -0.25) is 9.36 Å².